The quantitative estimate of drug-likeness (QED) is 0.804. The van der Waals surface area contributed by atoms with Crippen LogP contribution < -0.4 is 4.90 Å². The Hall–Kier alpha value is -0.650. The van der Waals surface area contributed by atoms with E-state index in [9.17, 15) is 4.79 Å². The third-order valence-corrected chi connectivity index (χ3v) is 5.79. The molecule has 0 bridgehead atoms. The Morgan fingerprint density at radius 2 is 1.85 bits per heavy atom. The van der Waals surface area contributed by atoms with Gasteiger partial charge in [-0.1, -0.05) is 29.4 Å². The normalized spacial score (nSPS) is 22.1. The van der Waals surface area contributed by atoms with Gasteiger partial charge in [-0.05, 0) is 38.8 Å². The monoisotopic (exact) mass is 313 g/mol. The largest absolute Gasteiger partial charge is 0.348 e. The summed E-state index contributed by atoms with van der Waals surface area (Å²) in [5.41, 5.74) is 0. The van der Waals surface area contributed by atoms with Crippen LogP contribution in [0.3, 0.4) is 0 Å². The number of carbonyl (C=O) groups excluding carboxylic acids is 1. The molecule has 0 aliphatic carbocycles. The highest BCUT2D eigenvalue weighted by molar-refractivity contribution is 7.17. The fourth-order valence-electron chi connectivity index (χ4n) is 3.22. The highest BCUT2D eigenvalue weighted by atomic mass is 35.5. The Bertz CT molecular complexity index is 465. The molecule has 20 heavy (non-hydrogen) atoms. The molecular formula is C14H20ClN3OS. The summed E-state index contributed by atoms with van der Waals surface area (Å²) >= 11 is 7.35. The molecular weight excluding hydrogens is 294 g/mol. The Balaban J connectivity index is 1.58. The minimum atomic E-state index is 0.346. The maximum Gasteiger partial charge on any atom is 0.187 e. The second-order valence-electron chi connectivity index (χ2n) is 5.58. The van der Waals surface area contributed by atoms with Crippen LogP contribution in [0.4, 0.5) is 5.13 Å². The lowest BCUT2D eigenvalue weighted by molar-refractivity contribution is 0.112. The molecule has 1 aromatic heterocycles. The molecule has 0 N–H and O–H groups in total. The fraction of sp³-hybridized carbons (Fsp3) is 0.714. The van der Waals surface area contributed by atoms with Crippen molar-refractivity contribution < 1.29 is 4.79 Å². The molecule has 3 heterocycles. The molecule has 0 unspecified atom stereocenters. The standard InChI is InChI=1S/C14H20ClN3OS/c15-13-12(10-19)20-14(16-13)18-8-4-11(5-9-18)17-6-2-1-3-7-17/h10-11H,1-9H2. The maximum atomic E-state index is 10.8. The highest BCUT2D eigenvalue weighted by Gasteiger charge is 2.27. The lowest BCUT2D eigenvalue weighted by Crippen LogP contribution is -2.46. The van der Waals surface area contributed by atoms with Gasteiger partial charge < -0.3 is 9.80 Å². The first-order chi connectivity index (χ1) is 9.78. The molecule has 4 nitrogen and oxygen atoms in total. The molecule has 0 spiro atoms. The van der Waals surface area contributed by atoms with Crippen molar-refractivity contribution in [1.82, 2.24) is 9.88 Å². The van der Waals surface area contributed by atoms with E-state index in [1.165, 1.54) is 56.5 Å². The highest BCUT2D eigenvalue weighted by Crippen LogP contribution is 2.31. The molecule has 0 amide bonds. The molecule has 6 heteroatoms. The predicted octanol–water partition coefficient (Wildman–Crippen LogP) is 3.06. The van der Waals surface area contributed by atoms with Crippen molar-refractivity contribution in [3.05, 3.63) is 10.0 Å². The van der Waals surface area contributed by atoms with E-state index >= 15 is 0 Å². The van der Waals surface area contributed by atoms with Gasteiger partial charge in [0.15, 0.2) is 16.6 Å². The molecule has 110 valence electrons. The summed E-state index contributed by atoms with van der Waals surface area (Å²) in [6.07, 6.45) is 7.27. The molecule has 0 aromatic carbocycles. The summed E-state index contributed by atoms with van der Waals surface area (Å²) in [4.78, 5) is 20.6. The van der Waals surface area contributed by atoms with E-state index < -0.39 is 0 Å². The fourth-order valence-corrected chi connectivity index (χ4v) is 4.33. The molecule has 0 radical (unpaired) electrons. The van der Waals surface area contributed by atoms with Crippen LogP contribution in [-0.2, 0) is 0 Å². The van der Waals surface area contributed by atoms with E-state index in [0.717, 1.165) is 30.5 Å². The number of carbonyl (C=O) groups is 1. The number of aldehydes is 1. The summed E-state index contributed by atoms with van der Waals surface area (Å²) < 4.78 is 0. The zero-order valence-electron chi connectivity index (χ0n) is 11.6. The first-order valence-corrected chi connectivity index (χ1v) is 8.58. The smallest absolute Gasteiger partial charge is 0.187 e. The van der Waals surface area contributed by atoms with E-state index in [1.807, 2.05) is 0 Å². The third kappa shape index (κ3) is 3.00. The van der Waals surface area contributed by atoms with Gasteiger partial charge in [-0.25, -0.2) is 4.98 Å². The minimum absolute atomic E-state index is 0.346. The topological polar surface area (TPSA) is 36.4 Å². The van der Waals surface area contributed by atoms with Crippen molar-refractivity contribution in [3.63, 3.8) is 0 Å². The number of hydrogen-bond acceptors (Lipinski definition) is 5. The zero-order chi connectivity index (χ0) is 13.9. The molecule has 2 aliphatic rings. The average molecular weight is 314 g/mol. The molecule has 2 aliphatic heterocycles. The van der Waals surface area contributed by atoms with Gasteiger partial charge in [0.2, 0.25) is 0 Å². The Morgan fingerprint density at radius 1 is 1.15 bits per heavy atom. The van der Waals surface area contributed by atoms with E-state index in [0.29, 0.717) is 10.0 Å². The summed E-state index contributed by atoms with van der Waals surface area (Å²) in [6, 6.07) is 0.729. The number of nitrogens with zero attached hydrogens (tertiary/aromatic N) is 3. The number of anilines is 1. The van der Waals surface area contributed by atoms with Gasteiger partial charge in [0, 0.05) is 19.1 Å². The van der Waals surface area contributed by atoms with Gasteiger partial charge in [0.1, 0.15) is 4.88 Å². The van der Waals surface area contributed by atoms with Crippen molar-refractivity contribution in [2.75, 3.05) is 31.1 Å². The average Bonchev–Trinajstić information content (AvgIpc) is 2.89. The summed E-state index contributed by atoms with van der Waals surface area (Å²) in [7, 11) is 0. The third-order valence-electron chi connectivity index (χ3n) is 4.35. The van der Waals surface area contributed by atoms with Gasteiger partial charge in [0.25, 0.3) is 0 Å². The first-order valence-electron chi connectivity index (χ1n) is 7.38. The lowest BCUT2D eigenvalue weighted by Gasteiger charge is -2.40. The second kappa shape index (κ2) is 6.41. The van der Waals surface area contributed by atoms with Crippen LogP contribution in [0.5, 0.6) is 0 Å². The SMILES string of the molecule is O=Cc1sc(N2CCC(N3CCCCC3)CC2)nc1Cl. The Morgan fingerprint density at radius 3 is 2.45 bits per heavy atom. The van der Waals surface area contributed by atoms with E-state index in [2.05, 4.69) is 14.8 Å². The molecule has 0 atom stereocenters. The number of rotatable bonds is 3. The predicted molar refractivity (Wildman–Crippen MR) is 83.2 cm³/mol. The van der Waals surface area contributed by atoms with Gasteiger partial charge in [-0.15, -0.1) is 0 Å². The lowest BCUT2D eigenvalue weighted by atomic mass is 10.0. The van der Waals surface area contributed by atoms with E-state index in [-0.39, 0.29) is 0 Å². The van der Waals surface area contributed by atoms with Gasteiger partial charge in [0.05, 0.1) is 0 Å². The molecule has 3 rings (SSSR count). The summed E-state index contributed by atoms with van der Waals surface area (Å²) in [5.74, 6) is 0. The van der Waals surface area contributed by atoms with Crippen LogP contribution in [0.25, 0.3) is 0 Å². The minimum Gasteiger partial charge on any atom is -0.348 e. The van der Waals surface area contributed by atoms with Gasteiger partial charge in [-0.3, -0.25) is 4.79 Å². The van der Waals surface area contributed by atoms with Crippen molar-refractivity contribution in [2.24, 2.45) is 0 Å². The molecule has 0 saturated carbocycles. The van der Waals surface area contributed by atoms with Crippen molar-refractivity contribution in [3.8, 4) is 0 Å². The van der Waals surface area contributed by atoms with Crippen LogP contribution >= 0.6 is 22.9 Å². The number of thiazole rings is 1. The molecule has 2 fully saturated rings. The molecule has 2 saturated heterocycles. The van der Waals surface area contributed by atoms with Crippen molar-refractivity contribution in [2.45, 2.75) is 38.1 Å². The number of piperidine rings is 2. The summed E-state index contributed by atoms with van der Waals surface area (Å²) in [5, 5.41) is 1.24. The number of aromatic nitrogens is 1. The van der Waals surface area contributed by atoms with Crippen molar-refractivity contribution >= 4 is 34.4 Å². The molecule has 1 aromatic rings. The Kier molecular flexibility index (Phi) is 4.58. The second-order valence-corrected chi connectivity index (χ2v) is 6.95. The van der Waals surface area contributed by atoms with Crippen LogP contribution in [0.1, 0.15) is 41.8 Å². The number of hydrogen-bond donors (Lipinski definition) is 0. The van der Waals surface area contributed by atoms with Crippen molar-refractivity contribution in [1.29, 1.82) is 0 Å². The van der Waals surface area contributed by atoms with E-state index in [1.54, 1.807) is 0 Å². The maximum absolute atomic E-state index is 10.8. The number of halogens is 1. The first kappa shape index (κ1) is 14.3. The van der Waals surface area contributed by atoms with Crippen LogP contribution in [0.15, 0.2) is 0 Å². The number of likely N-dealkylation sites (tertiary alicyclic amines) is 1. The summed E-state index contributed by atoms with van der Waals surface area (Å²) in [6.45, 7) is 4.57. The van der Waals surface area contributed by atoms with E-state index in [4.69, 9.17) is 11.6 Å². The Labute approximate surface area is 128 Å². The van der Waals surface area contributed by atoms with Gasteiger partial charge >= 0.3 is 0 Å². The van der Waals surface area contributed by atoms with Crippen LogP contribution in [0, 0.1) is 0 Å². The van der Waals surface area contributed by atoms with Crippen LogP contribution in [-0.4, -0.2) is 48.4 Å². The van der Waals surface area contributed by atoms with Crippen LogP contribution in [0.2, 0.25) is 5.15 Å². The zero-order valence-corrected chi connectivity index (χ0v) is 13.1. The van der Waals surface area contributed by atoms with Gasteiger partial charge in [-0.2, -0.15) is 0 Å².